The van der Waals surface area contributed by atoms with E-state index in [4.69, 9.17) is 5.11 Å². The number of carbonyl (C=O) groups is 1. The first-order valence-corrected chi connectivity index (χ1v) is 5.53. The van der Waals surface area contributed by atoms with Gasteiger partial charge in [-0.25, -0.2) is 4.79 Å². The first kappa shape index (κ1) is 11.5. The van der Waals surface area contributed by atoms with Crippen LogP contribution in [0.15, 0.2) is 36.4 Å². The van der Waals surface area contributed by atoms with Crippen molar-refractivity contribution in [3.8, 4) is 0 Å². The lowest BCUT2D eigenvalue weighted by Gasteiger charge is -2.11. The number of hydrogen-bond acceptors (Lipinski definition) is 1. The largest absolute Gasteiger partial charge is 0.478 e. The van der Waals surface area contributed by atoms with Crippen LogP contribution in [0.3, 0.4) is 0 Å². The molecule has 3 nitrogen and oxygen atoms in total. The van der Waals surface area contributed by atoms with E-state index in [0.29, 0.717) is 12.1 Å². The molecule has 0 bridgehead atoms. The third-order valence-corrected chi connectivity index (χ3v) is 2.99. The molecule has 0 radical (unpaired) electrons. The van der Waals surface area contributed by atoms with Gasteiger partial charge in [0.1, 0.15) is 0 Å². The number of rotatable bonds is 3. The van der Waals surface area contributed by atoms with Gasteiger partial charge in [-0.2, -0.15) is 0 Å². The van der Waals surface area contributed by atoms with Crippen molar-refractivity contribution < 1.29 is 9.90 Å². The number of benzene rings is 1. The lowest BCUT2D eigenvalue weighted by Crippen LogP contribution is -2.09. The maximum atomic E-state index is 11.1. The van der Waals surface area contributed by atoms with E-state index in [9.17, 15) is 4.79 Å². The van der Waals surface area contributed by atoms with Gasteiger partial charge in [-0.3, -0.25) is 0 Å². The van der Waals surface area contributed by atoms with Crippen molar-refractivity contribution >= 4 is 5.97 Å². The molecule has 1 N–H and O–H groups in total. The van der Waals surface area contributed by atoms with Gasteiger partial charge >= 0.3 is 5.97 Å². The second-order valence-corrected chi connectivity index (χ2v) is 4.16. The van der Waals surface area contributed by atoms with Crippen LogP contribution in [-0.2, 0) is 6.54 Å². The first-order chi connectivity index (χ1) is 8.09. The number of aromatic nitrogens is 1. The van der Waals surface area contributed by atoms with Gasteiger partial charge < -0.3 is 9.67 Å². The molecule has 0 atom stereocenters. The van der Waals surface area contributed by atoms with Gasteiger partial charge in [0.05, 0.1) is 5.56 Å². The van der Waals surface area contributed by atoms with Gasteiger partial charge in [-0.15, -0.1) is 0 Å². The lowest BCUT2D eigenvalue weighted by atomic mass is 10.1. The third kappa shape index (κ3) is 2.23. The molecule has 0 spiro atoms. The van der Waals surface area contributed by atoms with E-state index in [0.717, 1.165) is 17.0 Å². The Kier molecular flexibility index (Phi) is 3.00. The Morgan fingerprint density at radius 3 is 2.29 bits per heavy atom. The topological polar surface area (TPSA) is 42.2 Å². The van der Waals surface area contributed by atoms with Crippen molar-refractivity contribution in [2.24, 2.45) is 0 Å². The van der Waals surface area contributed by atoms with Crippen molar-refractivity contribution in [2.75, 3.05) is 0 Å². The Morgan fingerprint density at radius 1 is 1.12 bits per heavy atom. The molecule has 0 aliphatic carbocycles. The van der Waals surface area contributed by atoms with Crippen LogP contribution >= 0.6 is 0 Å². The van der Waals surface area contributed by atoms with Gasteiger partial charge in [-0.05, 0) is 37.6 Å². The van der Waals surface area contributed by atoms with E-state index in [1.807, 2.05) is 38.1 Å². The number of hydrogen-bond donors (Lipinski definition) is 1. The maximum Gasteiger partial charge on any atom is 0.336 e. The number of aromatic carboxylic acids is 1. The summed E-state index contributed by atoms with van der Waals surface area (Å²) in [5.74, 6) is -0.872. The van der Waals surface area contributed by atoms with Crippen molar-refractivity contribution in [1.29, 1.82) is 0 Å². The fourth-order valence-electron chi connectivity index (χ4n) is 1.99. The Balaban J connectivity index is 2.40. The number of carboxylic acids is 1. The molecule has 0 fully saturated rings. The van der Waals surface area contributed by atoms with Crippen LogP contribution in [0.1, 0.15) is 27.3 Å². The van der Waals surface area contributed by atoms with Crippen LogP contribution in [0, 0.1) is 13.8 Å². The molecule has 3 heteroatoms. The monoisotopic (exact) mass is 229 g/mol. The molecule has 17 heavy (non-hydrogen) atoms. The number of carboxylic acid groups (broad SMARTS) is 1. The number of aryl methyl sites for hydroxylation is 2. The van der Waals surface area contributed by atoms with Gasteiger partial charge in [0, 0.05) is 17.9 Å². The molecule has 0 aliphatic heterocycles. The summed E-state index contributed by atoms with van der Waals surface area (Å²) in [6, 6.07) is 11.2. The molecule has 88 valence electrons. The highest BCUT2D eigenvalue weighted by Gasteiger charge is 2.10. The molecule has 0 aliphatic rings. The van der Waals surface area contributed by atoms with E-state index >= 15 is 0 Å². The minimum atomic E-state index is -0.872. The first-order valence-electron chi connectivity index (χ1n) is 5.53. The molecule has 1 aromatic heterocycles. The molecule has 1 aromatic carbocycles. The lowest BCUT2D eigenvalue weighted by molar-refractivity contribution is 0.0695. The zero-order valence-electron chi connectivity index (χ0n) is 9.97. The summed E-state index contributed by atoms with van der Waals surface area (Å²) >= 11 is 0. The van der Waals surface area contributed by atoms with Crippen LogP contribution in [0.25, 0.3) is 0 Å². The molecule has 0 saturated heterocycles. The predicted molar refractivity (Wildman–Crippen MR) is 66.4 cm³/mol. The van der Waals surface area contributed by atoms with Crippen LogP contribution in [-0.4, -0.2) is 15.6 Å². The van der Waals surface area contributed by atoms with Crippen LogP contribution in [0.5, 0.6) is 0 Å². The van der Waals surface area contributed by atoms with Crippen molar-refractivity contribution in [1.82, 2.24) is 4.57 Å². The molecular formula is C14H15NO2. The minimum absolute atomic E-state index is 0.375. The van der Waals surface area contributed by atoms with Crippen molar-refractivity contribution in [3.63, 3.8) is 0 Å². The fourth-order valence-corrected chi connectivity index (χ4v) is 1.99. The zero-order valence-corrected chi connectivity index (χ0v) is 9.97. The average Bonchev–Trinajstić information content (AvgIpc) is 2.61. The van der Waals surface area contributed by atoms with Crippen molar-refractivity contribution in [2.45, 2.75) is 20.4 Å². The van der Waals surface area contributed by atoms with Gasteiger partial charge in [0.2, 0.25) is 0 Å². The van der Waals surface area contributed by atoms with Crippen LogP contribution in [0.4, 0.5) is 0 Å². The maximum absolute atomic E-state index is 11.1. The van der Waals surface area contributed by atoms with Crippen molar-refractivity contribution in [3.05, 3.63) is 58.9 Å². The molecule has 0 amide bonds. The van der Waals surface area contributed by atoms with Gasteiger partial charge in [0.25, 0.3) is 0 Å². The fraction of sp³-hybridized carbons (Fsp3) is 0.214. The van der Waals surface area contributed by atoms with Gasteiger partial charge in [-0.1, -0.05) is 18.2 Å². The highest BCUT2D eigenvalue weighted by Crippen LogP contribution is 2.15. The molecule has 0 unspecified atom stereocenters. The number of nitrogens with zero attached hydrogens (tertiary/aromatic N) is 1. The summed E-state index contributed by atoms with van der Waals surface area (Å²) in [5, 5.41) is 9.12. The molecule has 1 heterocycles. The van der Waals surface area contributed by atoms with Crippen LogP contribution < -0.4 is 0 Å². The quantitative estimate of drug-likeness (QED) is 0.879. The van der Waals surface area contributed by atoms with Gasteiger partial charge in [0.15, 0.2) is 0 Å². The summed E-state index contributed by atoms with van der Waals surface area (Å²) in [6.45, 7) is 4.65. The normalized spacial score (nSPS) is 10.5. The standard InChI is InChI=1S/C14H15NO2/c1-10-7-8-11(2)15(10)9-12-5-3-4-6-13(12)14(16)17/h3-8H,9H2,1-2H3,(H,16,17). The van der Waals surface area contributed by atoms with Crippen LogP contribution in [0.2, 0.25) is 0 Å². The Labute approximate surface area is 100 Å². The van der Waals surface area contributed by atoms with E-state index in [2.05, 4.69) is 4.57 Å². The Hall–Kier alpha value is -2.03. The Bertz CT molecular complexity index is 536. The molecule has 2 rings (SSSR count). The molecule has 0 saturated carbocycles. The summed E-state index contributed by atoms with van der Waals surface area (Å²) in [6.07, 6.45) is 0. The Morgan fingerprint density at radius 2 is 1.71 bits per heavy atom. The van der Waals surface area contributed by atoms with E-state index in [1.54, 1.807) is 12.1 Å². The highest BCUT2D eigenvalue weighted by atomic mass is 16.4. The molecule has 2 aromatic rings. The third-order valence-electron chi connectivity index (χ3n) is 2.99. The summed E-state index contributed by atoms with van der Waals surface area (Å²) < 4.78 is 2.11. The molecular weight excluding hydrogens is 214 g/mol. The SMILES string of the molecule is Cc1ccc(C)n1Cc1ccccc1C(=O)O. The van der Waals surface area contributed by atoms with E-state index in [1.165, 1.54) is 0 Å². The van der Waals surface area contributed by atoms with E-state index in [-0.39, 0.29) is 0 Å². The average molecular weight is 229 g/mol. The second kappa shape index (κ2) is 4.45. The summed E-state index contributed by atoms with van der Waals surface area (Å²) in [5.41, 5.74) is 3.49. The summed E-state index contributed by atoms with van der Waals surface area (Å²) in [4.78, 5) is 11.1. The summed E-state index contributed by atoms with van der Waals surface area (Å²) in [7, 11) is 0. The highest BCUT2D eigenvalue weighted by molar-refractivity contribution is 5.89. The van der Waals surface area contributed by atoms with E-state index < -0.39 is 5.97 Å². The smallest absolute Gasteiger partial charge is 0.336 e. The zero-order chi connectivity index (χ0) is 12.4. The second-order valence-electron chi connectivity index (χ2n) is 4.16. The predicted octanol–water partition coefficient (Wildman–Crippen LogP) is 2.85. The minimum Gasteiger partial charge on any atom is -0.478 e.